The van der Waals surface area contributed by atoms with E-state index in [1.165, 1.54) is 0 Å². The topological polar surface area (TPSA) is 102 Å². The number of hydrogen-bond donors (Lipinski definition) is 1. The Hall–Kier alpha value is -3.16. The van der Waals surface area contributed by atoms with Crippen molar-refractivity contribution >= 4 is 23.5 Å². The summed E-state index contributed by atoms with van der Waals surface area (Å²) < 4.78 is 10.1. The highest BCUT2D eigenvalue weighted by atomic mass is 16.5. The quantitative estimate of drug-likeness (QED) is 0.648. The standard InChI is InChI=1S/C21H27N3O5/c1-5-24(6-2)21(27)16-7-9-17(10-8-16)22-19(25)13-28-20(26)12-11-18-14(3)23-29-15(18)4/h7-10H,5-6,11-13H2,1-4H3,(H,22,25). The van der Waals surface area contributed by atoms with Crippen LogP contribution in [-0.2, 0) is 20.7 Å². The molecule has 0 atom stereocenters. The zero-order valence-corrected chi connectivity index (χ0v) is 17.3. The molecule has 8 heteroatoms. The molecule has 0 bridgehead atoms. The predicted octanol–water partition coefficient (Wildman–Crippen LogP) is 2.89. The molecule has 1 aromatic carbocycles. The van der Waals surface area contributed by atoms with Gasteiger partial charge in [0.2, 0.25) is 0 Å². The van der Waals surface area contributed by atoms with E-state index < -0.39 is 11.9 Å². The Balaban J connectivity index is 1.78. The molecule has 0 fully saturated rings. The predicted molar refractivity (Wildman–Crippen MR) is 108 cm³/mol. The molecular weight excluding hydrogens is 374 g/mol. The molecular formula is C21H27N3O5. The lowest BCUT2D eigenvalue weighted by Gasteiger charge is -2.18. The van der Waals surface area contributed by atoms with Crippen LogP contribution in [0.5, 0.6) is 0 Å². The summed E-state index contributed by atoms with van der Waals surface area (Å²) in [5.74, 6) is -0.296. The Morgan fingerprint density at radius 1 is 1.10 bits per heavy atom. The Labute approximate surface area is 170 Å². The summed E-state index contributed by atoms with van der Waals surface area (Å²) in [6, 6.07) is 6.61. The lowest BCUT2D eigenvalue weighted by molar-refractivity contribution is -0.147. The molecule has 0 aliphatic rings. The van der Waals surface area contributed by atoms with Crippen molar-refractivity contribution in [3.05, 3.63) is 46.8 Å². The lowest BCUT2D eigenvalue weighted by atomic mass is 10.1. The smallest absolute Gasteiger partial charge is 0.306 e. The van der Waals surface area contributed by atoms with Gasteiger partial charge in [0.1, 0.15) is 5.76 Å². The van der Waals surface area contributed by atoms with E-state index >= 15 is 0 Å². The van der Waals surface area contributed by atoms with Crippen LogP contribution in [0.3, 0.4) is 0 Å². The van der Waals surface area contributed by atoms with Gasteiger partial charge in [-0.25, -0.2) is 0 Å². The van der Waals surface area contributed by atoms with Crippen molar-refractivity contribution in [2.75, 3.05) is 25.0 Å². The maximum atomic E-state index is 12.3. The summed E-state index contributed by atoms with van der Waals surface area (Å²) in [5, 5.41) is 6.48. The third kappa shape index (κ3) is 6.17. The lowest BCUT2D eigenvalue weighted by Crippen LogP contribution is -2.30. The van der Waals surface area contributed by atoms with Crippen molar-refractivity contribution in [1.29, 1.82) is 0 Å². The fourth-order valence-corrected chi connectivity index (χ4v) is 2.89. The second kappa shape index (κ2) is 10.4. The van der Waals surface area contributed by atoms with E-state index in [0.29, 0.717) is 36.5 Å². The molecule has 2 rings (SSSR count). The summed E-state index contributed by atoms with van der Waals surface area (Å²) in [6.45, 7) is 8.34. The van der Waals surface area contributed by atoms with Gasteiger partial charge < -0.3 is 19.5 Å². The van der Waals surface area contributed by atoms with Crippen LogP contribution in [0.2, 0.25) is 0 Å². The number of anilines is 1. The van der Waals surface area contributed by atoms with Gasteiger partial charge in [-0.1, -0.05) is 5.16 Å². The van der Waals surface area contributed by atoms with E-state index in [4.69, 9.17) is 9.26 Å². The molecule has 0 aliphatic heterocycles. The van der Waals surface area contributed by atoms with Crippen molar-refractivity contribution in [3.8, 4) is 0 Å². The van der Waals surface area contributed by atoms with Gasteiger partial charge in [0.05, 0.1) is 5.69 Å². The number of carbonyl (C=O) groups is 3. The van der Waals surface area contributed by atoms with Gasteiger partial charge >= 0.3 is 5.97 Å². The highest BCUT2D eigenvalue weighted by Crippen LogP contribution is 2.15. The minimum absolute atomic E-state index is 0.0555. The average molecular weight is 401 g/mol. The summed E-state index contributed by atoms with van der Waals surface area (Å²) in [7, 11) is 0. The van der Waals surface area contributed by atoms with E-state index in [1.54, 1.807) is 36.1 Å². The maximum Gasteiger partial charge on any atom is 0.306 e. The largest absolute Gasteiger partial charge is 0.456 e. The summed E-state index contributed by atoms with van der Waals surface area (Å²) in [4.78, 5) is 37.8. The number of nitrogens with zero attached hydrogens (tertiary/aromatic N) is 2. The van der Waals surface area contributed by atoms with Gasteiger partial charge in [-0.2, -0.15) is 0 Å². The Bertz CT molecular complexity index is 834. The number of amides is 2. The van der Waals surface area contributed by atoms with Crippen LogP contribution in [0.15, 0.2) is 28.8 Å². The summed E-state index contributed by atoms with van der Waals surface area (Å²) in [6.07, 6.45) is 0.585. The van der Waals surface area contributed by atoms with E-state index in [9.17, 15) is 14.4 Å². The summed E-state index contributed by atoms with van der Waals surface area (Å²) >= 11 is 0. The van der Waals surface area contributed by atoms with Crippen molar-refractivity contribution in [1.82, 2.24) is 10.1 Å². The fraction of sp³-hybridized carbons (Fsp3) is 0.429. The van der Waals surface area contributed by atoms with E-state index in [1.807, 2.05) is 20.8 Å². The number of aryl methyl sites for hydroxylation is 2. The molecule has 1 aromatic heterocycles. The highest BCUT2D eigenvalue weighted by molar-refractivity contribution is 5.96. The number of benzene rings is 1. The molecule has 0 radical (unpaired) electrons. The van der Waals surface area contributed by atoms with E-state index in [2.05, 4.69) is 10.5 Å². The number of esters is 1. The number of rotatable bonds is 9. The minimum Gasteiger partial charge on any atom is -0.456 e. The molecule has 8 nitrogen and oxygen atoms in total. The monoisotopic (exact) mass is 401 g/mol. The molecule has 0 spiro atoms. The normalized spacial score (nSPS) is 10.5. The molecule has 156 valence electrons. The molecule has 29 heavy (non-hydrogen) atoms. The number of hydrogen-bond acceptors (Lipinski definition) is 6. The van der Waals surface area contributed by atoms with Crippen molar-refractivity contribution in [3.63, 3.8) is 0 Å². The third-order valence-electron chi connectivity index (χ3n) is 4.59. The van der Waals surface area contributed by atoms with Crippen LogP contribution in [-0.4, -0.2) is 47.5 Å². The zero-order valence-electron chi connectivity index (χ0n) is 17.3. The van der Waals surface area contributed by atoms with Crippen LogP contribution in [0.1, 0.15) is 47.6 Å². The second-order valence-corrected chi connectivity index (χ2v) is 6.57. The first kappa shape index (κ1) is 22.1. The van der Waals surface area contributed by atoms with Gasteiger partial charge in [0.15, 0.2) is 6.61 Å². The van der Waals surface area contributed by atoms with Crippen molar-refractivity contribution < 1.29 is 23.6 Å². The van der Waals surface area contributed by atoms with Crippen molar-refractivity contribution in [2.45, 2.75) is 40.5 Å². The molecule has 0 aliphatic carbocycles. The Kier molecular flexibility index (Phi) is 7.94. The second-order valence-electron chi connectivity index (χ2n) is 6.57. The van der Waals surface area contributed by atoms with Gasteiger partial charge in [-0.05, 0) is 58.4 Å². The average Bonchev–Trinajstić information content (AvgIpc) is 3.03. The molecule has 0 unspecified atom stereocenters. The Morgan fingerprint density at radius 3 is 2.31 bits per heavy atom. The number of ether oxygens (including phenoxy) is 1. The van der Waals surface area contributed by atoms with E-state index in [0.717, 1.165) is 11.3 Å². The molecule has 1 heterocycles. The fourth-order valence-electron chi connectivity index (χ4n) is 2.89. The molecule has 0 saturated carbocycles. The van der Waals surface area contributed by atoms with Gasteiger partial charge in [-0.15, -0.1) is 0 Å². The molecule has 2 amide bonds. The minimum atomic E-state index is -0.472. The van der Waals surface area contributed by atoms with Crippen LogP contribution in [0, 0.1) is 13.8 Å². The van der Waals surface area contributed by atoms with Crippen molar-refractivity contribution in [2.24, 2.45) is 0 Å². The van der Waals surface area contributed by atoms with Crippen LogP contribution >= 0.6 is 0 Å². The SMILES string of the molecule is CCN(CC)C(=O)c1ccc(NC(=O)COC(=O)CCc2c(C)noc2C)cc1. The zero-order chi connectivity index (χ0) is 21.4. The summed E-state index contributed by atoms with van der Waals surface area (Å²) in [5.41, 5.74) is 2.71. The maximum absolute atomic E-state index is 12.3. The first-order valence-electron chi connectivity index (χ1n) is 9.62. The van der Waals surface area contributed by atoms with Gasteiger partial charge in [0.25, 0.3) is 11.8 Å². The molecule has 1 N–H and O–H groups in total. The van der Waals surface area contributed by atoms with E-state index in [-0.39, 0.29) is 18.9 Å². The number of aromatic nitrogens is 1. The molecule has 2 aromatic rings. The number of nitrogens with one attached hydrogen (secondary N) is 1. The van der Waals surface area contributed by atoms with Gasteiger partial charge in [0, 0.05) is 36.3 Å². The van der Waals surface area contributed by atoms with Crippen LogP contribution < -0.4 is 5.32 Å². The van der Waals surface area contributed by atoms with Crippen LogP contribution in [0.25, 0.3) is 0 Å². The Morgan fingerprint density at radius 2 is 1.76 bits per heavy atom. The van der Waals surface area contributed by atoms with Crippen LogP contribution in [0.4, 0.5) is 5.69 Å². The highest BCUT2D eigenvalue weighted by Gasteiger charge is 2.14. The third-order valence-corrected chi connectivity index (χ3v) is 4.59. The van der Waals surface area contributed by atoms with Gasteiger partial charge in [-0.3, -0.25) is 14.4 Å². The first-order valence-corrected chi connectivity index (χ1v) is 9.62. The molecule has 0 saturated heterocycles. The first-order chi connectivity index (χ1) is 13.8. The number of carbonyl (C=O) groups excluding carboxylic acids is 3.